The van der Waals surface area contributed by atoms with E-state index in [-0.39, 0.29) is 12.5 Å². The monoisotopic (exact) mass is 236 g/mol. The van der Waals surface area contributed by atoms with Crippen LogP contribution in [0.5, 0.6) is 0 Å². The largest absolute Gasteiger partial charge is 0.396 e. The van der Waals surface area contributed by atoms with E-state index in [2.05, 4.69) is 0 Å². The molecule has 1 heterocycles. The maximum absolute atomic E-state index is 12.0. The van der Waals surface area contributed by atoms with E-state index in [0.717, 1.165) is 6.42 Å². The predicted molar refractivity (Wildman–Crippen MR) is 58.6 cm³/mol. The van der Waals surface area contributed by atoms with Crippen molar-refractivity contribution in [1.29, 1.82) is 0 Å². The summed E-state index contributed by atoms with van der Waals surface area (Å²) in [6.07, 6.45) is 0.761. The van der Waals surface area contributed by atoms with Crippen LogP contribution in [0, 0.1) is 5.92 Å². The van der Waals surface area contributed by atoms with Crippen molar-refractivity contribution < 1.29 is 13.5 Å². The van der Waals surface area contributed by atoms with Crippen LogP contribution in [0.1, 0.15) is 20.3 Å². The quantitative estimate of drug-likeness (QED) is 0.724. The summed E-state index contributed by atoms with van der Waals surface area (Å²) >= 11 is 0. The van der Waals surface area contributed by atoms with E-state index in [1.807, 2.05) is 13.8 Å². The fourth-order valence-corrected chi connectivity index (χ4v) is 3.58. The molecule has 6 heteroatoms. The Kier molecular flexibility index (Phi) is 4.51. The number of nitrogens with zero attached hydrogens (tertiary/aromatic N) is 2. The van der Waals surface area contributed by atoms with Crippen LogP contribution >= 0.6 is 0 Å². The van der Waals surface area contributed by atoms with Crippen LogP contribution in [0.15, 0.2) is 0 Å². The van der Waals surface area contributed by atoms with Gasteiger partial charge in [0.2, 0.25) is 0 Å². The fourth-order valence-electron chi connectivity index (χ4n) is 1.87. The van der Waals surface area contributed by atoms with E-state index in [1.165, 1.54) is 8.61 Å². The average molecular weight is 236 g/mol. The number of rotatable bonds is 5. The summed E-state index contributed by atoms with van der Waals surface area (Å²) in [6, 6.07) is 0. The maximum atomic E-state index is 12.0. The zero-order valence-electron chi connectivity index (χ0n) is 9.39. The van der Waals surface area contributed by atoms with Gasteiger partial charge in [-0.1, -0.05) is 13.8 Å². The van der Waals surface area contributed by atoms with Crippen LogP contribution in [0.25, 0.3) is 0 Å². The maximum Gasteiger partial charge on any atom is 0.281 e. The van der Waals surface area contributed by atoms with Gasteiger partial charge in [0.25, 0.3) is 10.2 Å². The zero-order valence-corrected chi connectivity index (χ0v) is 10.2. The second-order valence-corrected chi connectivity index (χ2v) is 5.72. The molecule has 0 aromatic rings. The van der Waals surface area contributed by atoms with Gasteiger partial charge in [0.05, 0.1) is 0 Å². The van der Waals surface area contributed by atoms with Crippen molar-refractivity contribution >= 4 is 10.2 Å². The average Bonchev–Trinajstić information content (AvgIpc) is 2.67. The van der Waals surface area contributed by atoms with Crippen LogP contribution in [0.3, 0.4) is 0 Å². The summed E-state index contributed by atoms with van der Waals surface area (Å²) in [5.74, 6) is 0.107. The Labute approximate surface area is 91.9 Å². The van der Waals surface area contributed by atoms with E-state index in [0.29, 0.717) is 26.2 Å². The highest BCUT2D eigenvalue weighted by atomic mass is 32.2. The molecule has 1 aliphatic heterocycles. The van der Waals surface area contributed by atoms with Gasteiger partial charge in [0.15, 0.2) is 0 Å². The third-order valence-electron chi connectivity index (χ3n) is 2.86. The summed E-state index contributed by atoms with van der Waals surface area (Å²) in [4.78, 5) is 0. The highest BCUT2D eigenvalue weighted by molar-refractivity contribution is 7.86. The van der Waals surface area contributed by atoms with Crippen molar-refractivity contribution in [3.8, 4) is 0 Å². The van der Waals surface area contributed by atoms with Gasteiger partial charge in [-0.15, -0.1) is 0 Å². The normalized spacial score (nSPS) is 23.9. The van der Waals surface area contributed by atoms with Crippen LogP contribution in [-0.4, -0.2) is 54.9 Å². The molecule has 15 heavy (non-hydrogen) atoms. The summed E-state index contributed by atoms with van der Waals surface area (Å²) in [7, 11) is -3.29. The molecule has 5 nitrogen and oxygen atoms in total. The highest BCUT2D eigenvalue weighted by Gasteiger charge is 2.33. The van der Waals surface area contributed by atoms with Crippen LogP contribution in [-0.2, 0) is 10.2 Å². The van der Waals surface area contributed by atoms with Gasteiger partial charge < -0.3 is 5.11 Å². The van der Waals surface area contributed by atoms with Gasteiger partial charge in [-0.2, -0.15) is 17.0 Å². The molecule has 90 valence electrons. The van der Waals surface area contributed by atoms with E-state index in [4.69, 9.17) is 5.11 Å². The summed E-state index contributed by atoms with van der Waals surface area (Å²) in [5, 5.41) is 8.97. The Morgan fingerprint density at radius 3 is 2.40 bits per heavy atom. The number of hydrogen-bond donors (Lipinski definition) is 1. The first kappa shape index (κ1) is 12.9. The first-order chi connectivity index (χ1) is 7.06. The van der Waals surface area contributed by atoms with Crippen LogP contribution in [0.4, 0.5) is 0 Å². The molecule has 0 saturated carbocycles. The third kappa shape index (κ3) is 2.69. The van der Waals surface area contributed by atoms with Gasteiger partial charge >= 0.3 is 0 Å². The summed E-state index contributed by atoms with van der Waals surface area (Å²) in [6.45, 7) is 5.73. The first-order valence-electron chi connectivity index (χ1n) is 5.42. The lowest BCUT2D eigenvalue weighted by Crippen LogP contribution is -2.42. The Bertz CT molecular complexity index is 288. The molecule has 0 aliphatic carbocycles. The van der Waals surface area contributed by atoms with Crippen molar-refractivity contribution in [2.75, 3.05) is 32.8 Å². The number of aliphatic hydroxyl groups excluding tert-OH is 1. The minimum atomic E-state index is -3.29. The lowest BCUT2D eigenvalue weighted by Gasteiger charge is -2.25. The van der Waals surface area contributed by atoms with Gasteiger partial charge in [0, 0.05) is 32.8 Å². The van der Waals surface area contributed by atoms with Crippen molar-refractivity contribution in [3.05, 3.63) is 0 Å². The lowest BCUT2D eigenvalue weighted by atomic mass is 10.1. The zero-order chi connectivity index (χ0) is 11.5. The molecule has 0 aromatic heterocycles. The standard InChI is InChI=1S/C9H20N2O3S/c1-3-10(4-2)15(13,14)11-6-5-9(7-11)8-12/h9,12H,3-8H2,1-2H3. The Morgan fingerprint density at radius 1 is 1.40 bits per heavy atom. The van der Waals surface area contributed by atoms with Gasteiger partial charge in [0.1, 0.15) is 0 Å². The molecular formula is C9H20N2O3S. The minimum Gasteiger partial charge on any atom is -0.396 e. The SMILES string of the molecule is CCN(CC)S(=O)(=O)N1CCC(CO)C1. The van der Waals surface area contributed by atoms with E-state index < -0.39 is 10.2 Å². The topological polar surface area (TPSA) is 60.9 Å². The van der Waals surface area contributed by atoms with E-state index >= 15 is 0 Å². The molecule has 1 atom stereocenters. The molecule has 1 unspecified atom stereocenters. The molecule has 0 radical (unpaired) electrons. The Morgan fingerprint density at radius 2 is 2.00 bits per heavy atom. The molecule has 0 spiro atoms. The van der Waals surface area contributed by atoms with Crippen molar-refractivity contribution in [1.82, 2.24) is 8.61 Å². The molecular weight excluding hydrogens is 216 g/mol. The fraction of sp³-hybridized carbons (Fsp3) is 1.00. The molecule has 0 amide bonds. The van der Waals surface area contributed by atoms with Crippen LogP contribution in [0.2, 0.25) is 0 Å². The van der Waals surface area contributed by atoms with Gasteiger partial charge in [-0.05, 0) is 12.3 Å². The Hall–Kier alpha value is -0.170. The van der Waals surface area contributed by atoms with Crippen molar-refractivity contribution in [2.45, 2.75) is 20.3 Å². The van der Waals surface area contributed by atoms with Crippen molar-refractivity contribution in [2.24, 2.45) is 5.92 Å². The third-order valence-corrected chi connectivity index (χ3v) is 5.02. The molecule has 1 saturated heterocycles. The van der Waals surface area contributed by atoms with Gasteiger partial charge in [-0.25, -0.2) is 0 Å². The molecule has 1 rings (SSSR count). The lowest BCUT2D eigenvalue weighted by molar-refractivity contribution is 0.232. The van der Waals surface area contributed by atoms with E-state index in [1.54, 1.807) is 0 Å². The summed E-state index contributed by atoms with van der Waals surface area (Å²) < 4.78 is 27.0. The number of hydrogen-bond acceptors (Lipinski definition) is 3. The second kappa shape index (κ2) is 5.25. The molecule has 0 bridgehead atoms. The second-order valence-electron chi connectivity index (χ2n) is 3.79. The first-order valence-corrected chi connectivity index (χ1v) is 6.82. The number of aliphatic hydroxyl groups is 1. The van der Waals surface area contributed by atoms with Gasteiger partial charge in [-0.3, -0.25) is 0 Å². The minimum absolute atomic E-state index is 0.0737. The molecule has 1 fully saturated rings. The van der Waals surface area contributed by atoms with Crippen LogP contribution < -0.4 is 0 Å². The van der Waals surface area contributed by atoms with E-state index in [9.17, 15) is 8.42 Å². The molecule has 0 aromatic carbocycles. The molecule has 1 aliphatic rings. The Balaban J connectivity index is 2.71. The summed E-state index contributed by atoms with van der Waals surface area (Å²) in [5.41, 5.74) is 0. The highest BCUT2D eigenvalue weighted by Crippen LogP contribution is 2.20. The smallest absolute Gasteiger partial charge is 0.281 e. The van der Waals surface area contributed by atoms with Crippen molar-refractivity contribution in [3.63, 3.8) is 0 Å². The predicted octanol–water partition coefficient (Wildman–Crippen LogP) is -0.113. The molecule has 1 N–H and O–H groups in total.